The Morgan fingerprint density at radius 2 is 1.62 bits per heavy atom. The molecule has 1 nitrogen and oxygen atoms in total. The Morgan fingerprint density at radius 3 is 2.06 bits per heavy atom. The van der Waals surface area contributed by atoms with Crippen LogP contribution in [0.3, 0.4) is 0 Å². The quantitative estimate of drug-likeness (QED) is 0.796. The summed E-state index contributed by atoms with van der Waals surface area (Å²) >= 11 is 0. The van der Waals surface area contributed by atoms with Crippen LogP contribution in [0.2, 0.25) is 0 Å². The molecule has 0 aliphatic heterocycles. The molecule has 0 radical (unpaired) electrons. The third kappa shape index (κ3) is 3.34. The molecule has 1 aromatic rings. The van der Waals surface area contributed by atoms with Gasteiger partial charge in [-0.05, 0) is 29.4 Å². The summed E-state index contributed by atoms with van der Waals surface area (Å²) in [6.45, 7) is 8.59. The molecule has 2 atom stereocenters. The van der Waals surface area contributed by atoms with Gasteiger partial charge in [-0.2, -0.15) is 0 Å². The van der Waals surface area contributed by atoms with Crippen LogP contribution in [0, 0.1) is 11.8 Å². The van der Waals surface area contributed by atoms with Crippen molar-refractivity contribution >= 4 is 0 Å². The van der Waals surface area contributed by atoms with E-state index in [0.29, 0.717) is 11.8 Å². The molecule has 1 heteroatoms. The fourth-order valence-electron chi connectivity index (χ4n) is 1.84. The van der Waals surface area contributed by atoms with Crippen molar-refractivity contribution in [3.05, 3.63) is 35.4 Å². The monoisotopic (exact) mass is 220 g/mol. The van der Waals surface area contributed by atoms with Crippen molar-refractivity contribution in [1.82, 2.24) is 0 Å². The third-order valence-corrected chi connectivity index (χ3v) is 3.41. The van der Waals surface area contributed by atoms with Gasteiger partial charge in [0, 0.05) is 0 Å². The van der Waals surface area contributed by atoms with E-state index in [0.717, 1.165) is 12.0 Å². The summed E-state index contributed by atoms with van der Waals surface area (Å²) in [6, 6.07) is 8.40. The Hall–Kier alpha value is -0.820. The number of aryl methyl sites for hydroxylation is 1. The van der Waals surface area contributed by atoms with Crippen molar-refractivity contribution in [1.29, 1.82) is 0 Å². The van der Waals surface area contributed by atoms with Crippen LogP contribution in [0.1, 0.15) is 51.3 Å². The van der Waals surface area contributed by atoms with Gasteiger partial charge in [-0.3, -0.25) is 0 Å². The molecule has 0 saturated heterocycles. The van der Waals surface area contributed by atoms with Gasteiger partial charge in [-0.1, -0.05) is 58.4 Å². The van der Waals surface area contributed by atoms with Crippen molar-refractivity contribution in [3.63, 3.8) is 0 Å². The van der Waals surface area contributed by atoms with Crippen molar-refractivity contribution in [2.45, 2.75) is 46.6 Å². The minimum atomic E-state index is -0.337. The second-order valence-corrected chi connectivity index (χ2v) is 5.04. The molecule has 0 fully saturated rings. The molecule has 1 aromatic carbocycles. The minimum Gasteiger partial charge on any atom is -0.388 e. The van der Waals surface area contributed by atoms with E-state index < -0.39 is 0 Å². The predicted octanol–water partition coefficient (Wildman–Crippen LogP) is 3.96. The smallest absolute Gasteiger partial charge is 0.0818 e. The number of aliphatic hydroxyl groups excluding tert-OH is 1. The van der Waals surface area contributed by atoms with Gasteiger partial charge < -0.3 is 5.11 Å². The summed E-state index contributed by atoms with van der Waals surface area (Å²) in [5, 5.41) is 10.2. The van der Waals surface area contributed by atoms with Crippen LogP contribution in [0.15, 0.2) is 24.3 Å². The highest BCUT2D eigenvalue weighted by molar-refractivity contribution is 5.24. The summed E-state index contributed by atoms with van der Waals surface area (Å²) in [6.07, 6.45) is 1.95. The molecule has 2 unspecified atom stereocenters. The fraction of sp³-hybridized carbons (Fsp3) is 0.600. The Balaban J connectivity index is 2.73. The zero-order valence-electron chi connectivity index (χ0n) is 10.9. The number of rotatable bonds is 5. The van der Waals surface area contributed by atoms with E-state index in [1.54, 1.807) is 0 Å². The zero-order chi connectivity index (χ0) is 12.1. The Morgan fingerprint density at radius 1 is 1.06 bits per heavy atom. The summed E-state index contributed by atoms with van der Waals surface area (Å²) in [5.41, 5.74) is 2.40. The van der Waals surface area contributed by atoms with Gasteiger partial charge in [0.15, 0.2) is 0 Å². The molecule has 0 spiro atoms. The van der Waals surface area contributed by atoms with Gasteiger partial charge in [-0.15, -0.1) is 0 Å². The maximum atomic E-state index is 10.2. The largest absolute Gasteiger partial charge is 0.388 e. The first kappa shape index (κ1) is 13.2. The van der Waals surface area contributed by atoms with E-state index in [2.05, 4.69) is 52.0 Å². The van der Waals surface area contributed by atoms with Gasteiger partial charge in [0.1, 0.15) is 0 Å². The lowest BCUT2D eigenvalue weighted by Gasteiger charge is -2.22. The van der Waals surface area contributed by atoms with Gasteiger partial charge in [-0.25, -0.2) is 0 Å². The van der Waals surface area contributed by atoms with E-state index in [4.69, 9.17) is 0 Å². The van der Waals surface area contributed by atoms with Crippen LogP contribution in [0.5, 0.6) is 0 Å². The van der Waals surface area contributed by atoms with E-state index in [-0.39, 0.29) is 6.10 Å². The molecule has 1 N–H and O–H groups in total. The standard InChI is InChI=1S/C15H24O/c1-5-6-13-7-9-14(10-8-13)15(16)12(4)11(2)3/h7-12,15-16H,5-6H2,1-4H3. The molecule has 0 aliphatic carbocycles. The molecule has 0 aromatic heterocycles. The van der Waals surface area contributed by atoms with Crippen molar-refractivity contribution < 1.29 is 5.11 Å². The van der Waals surface area contributed by atoms with Crippen LogP contribution in [-0.4, -0.2) is 5.11 Å². The molecule has 90 valence electrons. The van der Waals surface area contributed by atoms with Crippen molar-refractivity contribution in [3.8, 4) is 0 Å². The number of hydrogen-bond donors (Lipinski definition) is 1. The molecular formula is C15H24O. The average molecular weight is 220 g/mol. The number of hydrogen-bond acceptors (Lipinski definition) is 1. The van der Waals surface area contributed by atoms with Crippen LogP contribution in [0.4, 0.5) is 0 Å². The second kappa shape index (κ2) is 6.05. The van der Waals surface area contributed by atoms with Gasteiger partial charge in [0.05, 0.1) is 6.10 Å². The lowest BCUT2D eigenvalue weighted by atomic mass is 9.88. The Bertz CT molecular complexity index is 300. The molecule has 16 heavy (non-hydrogen) atoms. The van der Waals surface area contributed by atoms with E-state index >= 15 is 0 Å². The van der Waals surface area contributed by atoms with E-state index in [1.807, 2.05) is 0 Å². The molecular weight excluding hydrogens is 196 g/mol. The maximum absolute atomic E-state index is 10.2. The second-order valence-electron chi connectivity index (χ2n) is 5.04. The predicted molar refractivity (Wildman–Crippen MR) is 69.4 cm³/mol. The Labute approximate surface area is 99.5 Å². The highest BCUT2D eigenvalue weighted by atomic mass is 16.3. The highest BCUT2D eigenvalue weighted by Gasteiger charge is 2.18. The number of aliphatic hydroxyl groups is 1. The fourth-order valence-corrected chi connectivity index (χ4v) is 1.84. The highest BCUT2D eigenvalue weighted by Crippen LogP contribution is 2.27. The van der Waals surface area contributed by atoms with Crippen LogP contribution >= 0.6 is 0 Å². The Kier molecular flexibility index (Phi) is 5.01. The maximum Gasteiger partial charge on any atom is 0.0818 e. The summed E-state index contributed by atoms with van der Waals surface area (Å²) in [7, 11) is 0. The van der Waals surface area contributed by atoms with Crippen molar-refractivity contribution in [2.24, 2.45) is 11.8 Å². The lowest BCUT2D eigenvalue weighted by molar-refractivity contribution is 0.0921. The molecule has 0 aliphatic rings. The van der Waals surface area contributed by atoms with Crippen LogP contribution in [0.25, 0.3) is 0 Å². The van der Waals surface area contributed by atoms with Gasteiger partial charge in [0.25, 0.3) is 0 Å². The zero-order valence-corrected chi connectivity index (χ0v) is 10.9. The molecule has 0 amide bonds. The van der Waals surface area contributed by atoms with Gasteiger partial charge in [0.2, 0.25) is 0 Å². The molecule has 1 rings (SSSR count). The first-order valence-electron chi connectivity index (χ1n) is 6.33. The van der Waals surface area contributed by atoms with Gasteiger partial charge >= 0.3 is 0 Å². The average Bonchev–Trinajstić information content (AvgIpc) is 2.28. The SMILES string of the molecule is CCCc1ccc(C(O)C(C)C(C)C)cc1. The van der Waals surface area contributed by atoms with E-state index in [9.17, 15) is 5.11 Å². The molecule has 0 heterocycles. The van der Waals surface area contributed by atoms with E-state index in [1.165, 1.54) is 12.0 Å². The summed E-state index contributed by atoms with van der Waals surface area (Å²) in [5.74, 6) is 0.808. The van der Waals surface area contributed by atoms with Crippen molar-refractivity contribution in [2.75, 3.05) is 0 Å². The normalized spacial score (nSPS) is 15.1. The molecule has 0 saturated carbocycles. The van der Waals surface area contributed by atoms with Crippen LogP contribution < -0.4 is 0 Å². The first-order valence-corrected chi connectivity index (χ1v) is 6.33. The molecule has 0 bridgehead atoms. The summed E-state index contributed by atoms with van der Waals surface area (Å²) < 4.78 is 0. The lowest BCUT2D eigenvalue weighted by Crippen LogP contribution is -2.14. The number of benzene rings is 1. The minimum absolute atomic E-state index is 0.303. The summed E-state index contributed by atoms with van der Waals surface area (Å²) in [4.78, 5) is 0. The van der Waals surface area contributed by atoms with Crippen LogP contribution in [-0.2, 0) is 6.42 Å². The first-order chi connectivity index (χ1) is 7.56. The topological polar surface area (TPSA) is 20.2 Å². The third-order valence-electron chi connectivity index (χ3n) is 3.41.